The lowest BCUT2D eigenvalue weighted by Crippen LogP contribution is -2.01. The summed E-state index contributed by atoms with van der Waals surface area (Å²) in [6.45, 7) is 1.60. The molecule has 1 rings (SSSR count). The van der Waals surface area contributed by atoms with E-state index in [4.69, 9.17) is 0 Å². The summed E-state index contributed by atoms with van der Waals surface area (Å²) >= 11 is 0. The summed E-state index contributed by atoms with van der Waals surface area (Å²) in [5.74, 6) is -1.63. The molecule has 1 aliphatic heterocycles. The molecule has 44 valence electrons. The Balaban J connectivity index is 2.73. The Morgan fingerprint density at radius 3 is 2.62 bits per heavy atom. The summed E-state index contributed by atoms with van der Waals surface area (Å²) in [5.41, 5.74) is 0. The van der Waals surface area contributed by atoms with Crippen LogP contribution in [-0.2, 0) is 9.53 Å². The molecular weight excluding hydrogens is 111 g/mol. The first kappa shape index (κ1) is 5.28. The van der Waals surface area contributed by atoms with E-state index in [0.29, 0.717) is 0 Å². The standard InChI is InChI=1S/C5H5FO2/c1-3-2-4(6)5(7)8-3/h2-3H,1H3/t3-/m1/s1. The van der Waals surface area contributed by atoms with Crippen LogP contribution in [0.1, 0.15) is 6.92 Å². The van der Waals surface area contributed by atoms with E-state index in [0.717, 1.165) is 6.08 Å². The molecule has 8 heavy (non-hydrogen) atoms. The quantitative estimate of drug-likeness (QED) is 0.437. The highest BCUT2D eigenvalue weighted by atomic mass is 19.1. The number of halogens is 1. The molecule has 1 atom stereocenters. The number of ether oxygens (including phenoxy) is 1. The molecule has 0 aliphatic carbocycles. The van der Waals surface area contributed by atoms with E-state index in [-0.39, 0.29) is 6.10 Å². The summed E-state index contributed by atoms with van der Waals surface area (Å²) in [6.07, 6.45) is 0.755. The summed E-state index contributed by atoms with van der Waals surface area (Å²) in [7, 11) is 0. The maximum atomic E-state index is 12.0. The number of esters is 1. The second-order valence-electron chi connectivity index (χ2n) is 1.63. The minimum atomic E-state index is -0.850. The van der Waals surface area contributed by atoms with Gasteiger partial charge in [-0.2, -0.15) is 4.39 Å². The van der Waals surface area contributed by atoms with Gasteiger partial charge < -0.3 is 4.74 Å². The van der Waals surface area contributed by atoms with E-state index in [1.54, 1.807) is 6.92 Å². The average Bonchev–Trinajstić information content (AvgIpc) is 1.85. The minimum Gasteiger partial charge on any atom is -0.453 e. The number of carbonyl (C=O) groups excluding carboxylic acids is 1. The van der Waals surface area contributed by atoms with Gasteiger partial charge in [0.05, 0.1) is 0 Å². The smallest absolute Gasteiger partial charge is 0.367 e. The molecular formula is C5H5FO2. The first-order chi connectivity index (χ1) is 3.70. The van der Waals surface area contributed by atoms with Crippen LogP contribution in [0.15, 0.2) is 11.9 Å². The van der Waals surface area contributed by atoms with Crippen molar-refractivity contribution in [2.75, 3.05) is 0 Å². The Morgan fingerprint density at radius 1 is 1.88 bits per heavy atom. The molecule has 0 aromatic carbocycles. The highest BCUT2D eigenvalue weighted by Gasteiger charge is 2.21. The van der Waals surface area contributed by atoms with Gasteiger partial charge >= 0.3 is 5.97 Å². The van der Waals surface area contributed by atoms with E-state index >= 15 is 0 Å². The van der Waals surface area contributed by atoms with Crippen molar-refractivity contribution >= 4 is 5.97 Å². The molecule has 0 unspecified atom stereocenters. The van der Waals surface area contributed by atoms with Crippen LogP contribution in [0.25, 0.3) is 0 Å². The Labute approximate surface area is 45.9 Å². The van der Waals surface area contributed by atoms with Crippen LogP contribution in [0.4, 0.5) is 4.39 Å². The van der Waals surface area contributed by atoms with Gasteiger partial charge in [-0.25, -0.2) is 4.79 Å². The van der Waals surface area contributed by atoms with Crippen LogP contribution < -0.4 is 0 Å². The van der Waals surface area contributed by atoms with Crippen molar-refractivity contribution in [2.24, 2.45) is 0 Å². The van der Waals surface area contributed by atoms with Gasteiger partial charge in [-0.3, -0.25) is 0 Å². The molecule has 1 heterocycles. The molecule has 2 nitrogen and oxygen atoms in total. The van der Waals surface area contributed by atoms with Crippen LogP contribution in [0.2, 0.25) is 0 Å². The molecule has 0 N–H and O–H groups in total. The van der Waals surface area contributed by atoms with E-state index in [2.05, 4.69) is 4.74 Å². The Hall–Kier alpha value is -0.860. The second-order valence-corrected chi connectivity index (χ2v) is 1.63. The zero-order chi connectivity index (χ0) is 6.15. The summed E-state index contributed by atoms with van der Waals surface area (Å²) in [6, 6.07) is 0. The van der Waals surface area contributed by atoms with Crippen molar-refractivity contribution in [1.29, 1.82) is 0 Å². The highest BCUT2D eigenvalue weighted by molar-refractivity contribution is 5.88. The van der Waals surface area contributed by atoms with Gasteiger partial charge in [0.2, 0.25) is 5.83 Å². The third-order valence-corrected chi connectivity index (χ3v) is 0.869. The monoisotopic (exact) mass is 116 g/mol. The SMILES string of the molecule is C[C@@H]1C=C(F)C(=O)O1. The zero-order valence-corrected chi connectivity index (χ0v) is 4.35. The molecule has 0 saturated heterocycles. The van der Waals surface area contributed by atoms with E-state index < -0.39 is 11.8 Å². The number of cyclic esters (lactones) is 1. The molecule has 0 bridgehead atoms. The van der Waals surface area contributed by atoms with Crippen molar-refractivity contribution in [2.45, 2.75) is 13.0 Å². The van der Waals surface area contributed by atoms with Gasteiger partial charge in [-0.1, -0.05) is 0 Å². The Bertz CT molecular complexity index is 151. The fourth-order valence-electron chi connectivity index (χ4n) is 0.533. The van der Waals surface area contributed by atoms with E-state index in [1.807, 2.05) is 0 Å². The van der Waals surface area contributed by atoms with Crippen LogP contribution in [0.3, 0.4) is 0 Å². The average molecular weight is 116 g/mol. The molecule has 0 saturated carbocycles. The maximum absolute atomic E-state index is 12.0. The van der Waals surface area contributed by atoms with Crippen LogP contribution in [0.5, 0.6) is 0 Å². The zero-order valence-electron chi connectivity index (χ0n) is 4.35. The fraction of sp³-hybridized carbons (Fsp3) is 0.400. The van der Waals surface area contributed by atoms with Crippen molar-refractivity contribution in [1.82, 2.24) is 0 Å². The first-order valence-electron chi connectivity index (χ1n) is 2.28. The van der Waals surface area contributed by atoms with Crippen molar-refractivity contribution in [3.05, 3.63) is 11.9 Å². The molecule has 3 heteroatoms. The van der Waals surface area contributed by atoms with Crippen LogP contribution in [0, 0.1) is 0 Å². The van der Waals surface area contributed by atoms with Gasteiger partial charge in [0.1, 0.15) is 6.10 Å². The molecule has 0 aromatic rings. The fourth-order valence-corrected chi connectivity index (χ4v) is 0.533. The molecule has 0 spiro atoms. The summed E-state index contributed by atoms with van der Waals surface area (Å²) in [4.78, 5) is 10.1. The van der Waals surface area contributed by atoms with E-state index in [1.165, 1.54) is 0 Å². The van der Waals surface area contributed by atoms with Gasteiger partial charge in [-0.15, -0.1) is 0 Å². The molecule has 0 amide bonds. The third kappa shape index (κ3) is 0.710. The van der Waals surface area contributed by atoms with Crippen LogP contribution >= 0.6 is 0 Å². The third-order valence-electron chi connectivity index (χ3n) is 0.869. The van der Waals surface area contributed by atoms with Gasteiger partial charge in [0.15, 0.2) is 0 Å². The Kier molecular flexibility index (Phi) is 1.04. The summed E-state index contributed by atoms with van der Waals surface area (Å²) < 4.78 is 16.3. The largest absolute Gasteiger partial charge is 0.453 e. The number of hydrogen-bond donors (Lipinski definition) is 0. The van der Waals surface area contributed by atoms with Gasteiger partial charge in [0.25, 0.3) is 0 Å². The normalized spacial score (nSPS) is 27.5. The van der Waals surface area contributed by atoms with Crippen molar-refractivity contribution in [3.8, 4) is 0 Å². The number of rotatable bonds is 0. The lowest BCUT2D eigenvalue weighted by molar-refractivity contribution is -0.140. The predicted molar refractivity (Wildman–Crippen MR) is 24.7 cm³/mol. The Morgan fingerprint density at radius 2 is 2.50 bits per heavy atom. The van der Waals surface area contributed by atoms with Gasteiger partial charge in [-0.05, 0) is 13.0 Å². The lowest BCUT2D eigenvalue weighted by Gasteiger charge is -1.94. The first-order valence-corrected chi connectivity index (χ1v) is 2.28. The minimum absolute atomic E-state index is 0.387. The van der Waals surface area contributed by atoms with Crippen LogP contribution in [-0.4, -0.2) is 12.1 Å². The van der Waals surface area contributed by atoms with Gasteiger partial charge in [0, 0.05) is 0 Å². The molecule has 0 radical (unpaired) electrons. The molecule has 0 fully saturated rings. The second kappa shape index (κ2) is 1.58. The van der Waals surface area contributed by atoms with Crippen molar-refractivity contribution < 1.29 is 13.9 Å². The predicted octanol–water partition coefficient (Wildman–Crippen LogP) is 0.785. The van der Waals surface area contributed by atoms with Crippen molar-refractivity contribution in [3.63, 3.8) is 0 Å². The topological polar surface area (TPSA) is 26.3 Å². The molecule has 1 aliphatic rings. The molecule has 0 aromatic heterocycles. The highest BCUT2D eigenvalue weighted by Crippen LogP contribution is 2.12. The number of hydrogen-bond acceptors (Lipinski definition) is 2. The summed E-state index contributed by atoms with van der Waals surface area (Å²) in [5, 5.41) is 0. The number of carbonyl (C=O) groups is 1. The maximum Gasteiger partial charge on any atom is 0.367 e. The van der Waals surface area contributed by atoms with E-state index in [9.17, 15) is 9.18 Å². The lowest BCUT2D eigenvalue weighted by atomic mass is 10.4.